The van der Waals surface area contributed by atoms with Crippen LogP contribution in [0.1, 0.15) is 0 Å². The van der Waals surface area contributed by atoms with E-state index in [-0.39, 0.29) is 11.1 Å². The van der Waals surface area contributed by atoms with Crippen LogP contribution in [0.2, 0.25) is 5.28 Å². The molecule has 0 bridgehead atoms. The van der Waals surface area contributed by atoms with E-state index in [0.717, 1.165) is 22.2 Å². The van der Waals surface area contributed by atoms with E-state index in [1.54, 1.807) is 12.1 Å². The van der Waals surface area contributed by atoms with Gasteiger partial charge in [0.15, 0.2) is 17.2 Å². The minimum atomic E-state index is -0.372. The van der Waals surface area contributed by atoms with Gasteiger partial charge in [0.05, 0.1) is 0 Å². The molecule has 0 N–H and O–H groups in total. The summed E-state index contributed by atoms with van der Waals surface area (Å²) in [5, 5.41) is 0.0392. The van der Waals surface area contributed by atoms with Gasteiger partial charge < -0.3 is 4.42 Å². The molecule has 0 fully saturated rings. The highest BCUT2D eigenvalue weighted by Gasteiger charge is 2.12. The zero-order valence-electron chi connectivity index (χ0n) is 14.9. The Labute approximate surface area is 169 Å². The number of para-hydroxylation sites is 2. The lowest BCUT2D eigenvalue weighted by Crippen LogP contribution is -1.97. The van der Waals surface area contributed by atoms with Gasteiger partial charge in [0, 0.05) is 16.7 Å². The molecule has 0 aliphatic rings. The Morgan fingerprint density at radius 1 is 0.690 bits per heavy atom. The lowest BCUT2D eigenvalue weighted by molar-refractivity contribution is 0.620. The molecule has 7 heteroatoms. The molecule has 2 aromatic heterocycles. The van der Waals surface area contributed by atoms with Crippen molar-refractivity contribution in [2.75, 3.05) is 0 Å². The van der Waals surface area contributed by atoms with Crippen molar-refractivity contribution >= 4 is 22.7 Å². The molecular formula is C22H12ClFN4O. The van der Waals surface area contributed by atoms with Gasteiger partial charge in [0.2, 0.25) is 11.2 Å². The average molecular weight is 403 g/mol. The van der Waals surface area contributed by atoms with Gasteiger partial charge >= 0.3 is 0 Å². The highest BCUT2D eigenvalue weighted by molar-refractivity contribution is 6.28. The lowest BCUT2D eigenvalue weighted by atomic mass is 10.1. The SMILES string of the molecule is Fc1cccc(-c2nc(Cl)nc(-c3ccc(-c4nc5ccccc5o4)cc3)n2)c1. The normalized spacial score (nSPS) is 11.1. The number of hydrogen-bond acceptors (Lipinski definition) is 5. The van der Waals surface area contributed by atoms with E-state index in [1.165, 1.54) is 12.1 Å². The Hall–Kier alpha value is -3.64. The summed E-state index contributed by atoms with van der Waals surface area (Å²) in [6, 6.07) is 21.1. The maximum Gasteiger partial charge on any atom is 0.227 e. The number of hydrogen-bond donors (Lipinski definition) is 0. The molecule has 0 radical (unpaired) electrons. The number of halogens is 2. The smallest absolute Gasteiger partial charge is 0.227 e. The van der Waals surface area contributed by atoms with Gasteiger partial charge in [-0.25, -0.2) is 14.4 Å². The first-order valence-electron chi connectivity index (χ1n) is 8.80. The first-order valence-corrected chi connectivity index (χ1v) is 9.17. The summed E-state index contributed by atoms with van der Waals surface area (Å²) in [5.74, 6) is 0.867. The van der Waals surface area contributed by atoms with Crippen molar-refractivity contribution in [3.8, 4) is 34.2 Å². The van der Waals surface area contributed by atoms with Crippen LogP contribution in [-0.2, 0) is 0 Å². The van der Waals surface area contributed by atoms with E-state index in [9.17, 15) is 4.39 Å². The summed E-state index contributed by atoms with van der Waals surface area (Å²) in [6.07, 6.45) is 0. The summed E-state index contributed by atoms with van der Waals surface area (Å²) in [4.78, 5) is 17.2. The molecule has 0 saturated carbocycles. The van der Waals surface area contributed by atoms with E-state index in [2.05, 4.69) is 19.9 Å². The summed E-state index contributed by atoms with van der Waals surface area (Å²) in [6.45, 7) is 0. The molecule has 3 aromatic carbocycles. The van der Waals surface area contributed by atoms with Crippen molar-refractivity contribution in [1.29, 1.82) is 0 Å². The van der Waals surface area contributed by atoms with Crippen molar-refractivity contribution in [3.05, 3.63) is 83.9 Å². The Morgan fingerprint density at radius 2 is 1.41 bits per heavy atom. The first kappa shape index (κ1) is 17.5. The molecule has 0 atom stereocenters. The summed E-state index contributed by atoms with van der Waals surface area (Å²) in [7, 11) is 0. The van der Waals surface area contributed by atoms with Crippen LogP contribution in [0.15, 0.2) is 77.2 Å². The van der Waals surface area contributed by atoms with Crippen LogP contribution >= 0.6 is 11.6 Å². The molecule has 2 heterocycles. The molecular weight excluding hydrogens is 391 g/mol. The monoisotopic (exact) mass is 402 g/mol. The molecule has 0 spiro atoms. The van der Waals surface area contributed by atoms with E-state index >= 15 is 0 Å². The molecule has 0 amide bonds. The van der Waals surface area contributed by atoms with Gasteiger partial charge in [0.25, 0.3) is 0 Å². The molecule has 0 aliphatic heterocycles. The van der Waals surface area contributed by atoms with Gasteiger partial charge in [0.1, 0.15) is 11.3 Å². The third-order valence-electron chi connectivity index (χ3n) is 4.37. The van der Waals surface area contributed by atoms with Crippen molar-refractivity contribution in [2.24, 2.45) is 0 Å². The Bertz CT molecular complexity index is 1300. The maximum atomic E-state index is 13.5. The molecule has 140 valence electrons. The fraction of sp³-hybridized carbons (Fsp3) is 0. The third-order valence-corrected chi connectivity index (χ3v) is 4.54. The summed E-state index contributed by atoms with van der Waals surface area (Å²) >= 11 is 6.08. The second-order valence-electron chi connectivity index (χ2n) is 6.33. The van der Waals surface area contributed by atoms with E-state index < -0.39 is 0 Å². The van der Waals surface area contributed by atoms with Crippen LogP contribution in [0, 0.1) is 5.82 Å². The predicted molar refractivity (Wildman–Crippen MR) is 109 cm³/mol. The summed E-state index contributed by atoms with van der Waals surface area (Å²) < 4.78 is 19.3. The van der Waals surface area contributed by atoms with Crippen LogP contribution in [-0.4, -0.2) is 19.9 Å². The van der Waals surface area contributed by atoms with E-state index in [0.29, 0.717) is 23.1 Å². The highest BCUT2D eigenvalue weighted by atomic mass is 35.5. The van der Waals surface area contributed by atoms with Gasteiger partial charge in [-0.3, -0.25) is 0 Å². The Balaban J connectivity index is 1.51. The first-order chi connectivity index (χ1) is 14.2. The van der Waals surface area contributed by atoms with Gasteiger partial charge in [-0.05, 0) is 48.0 Å². The minimum Gasteiger partial charge on any atom is -0.436 e. The Kier molecular flexibility index (Phi) is 4.26. The van der Waals surface area contributed by atoms with Crippen molar-refractivity contribution in [3.63, 3.8) is 0 Å². The van der Waals surface area contributed by atoms with Crippen LogP contribution in [0.5, 0.6) is 0 Å². The minimum absolute atomic E-state index is 0.0392. The molecule has 5 nitrogen and oxygen atoms in total. The van der Waals surface area contributed by atoms with Crippen molar-refractivity contribution < 1.29 is 8.81 Å². The van der Waals surface area contributed by atoms with E-state index in [1.807, 2.05) is 48.5 Å². The number of oxazole rings is 1. The average Bonchev–Trinajstić information content (AvgIpc) is 3.18. The number of benzene rings is 3. The van der Waals surface area contributed by atoms with Crippen LogP contribution < -0.4 is 0 Å². The number of rotatable bonds is 3. The molecule has 0 saturated heterocycles. The third kappa shape index (κ3) is 3.46. The van der Waals surface area contributed by atoms with Crippen LogP contribution in [0.4, 0.5) is 4.39 Å². The quantitative estimate of drug-likeness (QED) is 0.381. The number of aromatic nitrogens is 4. The zero-order valence-corrected chi connectivity index (χ0v) is 15.6. The van der Waals surface area contributed by atoms with E-state index in [4.69, 9.17) is 16.0 Å². The van der Waals surface area contributed by atoms with Gasteiger partial charge in [-0.15, -0.1) is 0 Å². The summed E-state index contributed by atoms with van der Waals surface area (Å²) in [5.41, 5.74) is 3.63. The highest BCUT2D eigenvalue weighted by Crippen LogP contribution is 2.27. The van der Waals surface area contributed by atoms with Crippen LogP contribution in [0.25, 0.3) is 45.3 Å². The topological polar surface area (TPSA) is 64.7 Å². The predicted octanol–water partition coefficient (Wildman–Crippen LogP) is 5.81. The number of nitrogens with zero attached hydrogens (tertiary/aromatic N) is 4. The second-order valence-corrected chi connectivity index (χ2v) is 6.66. The largest absolute Gasteiger partial charge is 0.436 e. The van der Waals surface area contributed by atoms with Gasteiger partial charge in [-0.2, -0.15) is 9.97 Å². The Morgan fingerprint density at radius 3 is 2.17 bits per heavy atom. The fourth-order valence-corrected chi connectivity index (χ4v) is 3.15. The fourth-order valence-electron chi connectivity index (χ4n) is 2.99. The van der Waals surface area contributed by atoms with Gasteiger partial charge in [-0.1, -0.05) is 36.4 Å². The van der Waals surface area contributed by atoms with Crippen molar-refractivity contribution in [2.45, 2.75) is 0 Å². The molecule has 0 unspecified atom stereocenters. The second kappa shape index (κ2) is 7.07. The maximum absolute atomic E-state index is 13.5. The molecule has 29 heavy (non-hydrogen) atoms. The molecule has 5 rings (SSSR count). The zero-order chi connectivity index (χ0) is 19.8. The number of fused-ring (bicyclic) bond motifs is 1. The molecule has 5 aromatic rings. The van der Waals surface area contributed by atoms with Crippen LogP contribution in [0.3, 0.4) is 0 Å². The lowest BCUT2D eigenvalue weighted by Gasteiger charge is -2.05. The van der Waals surface area contributed by atoms with Crippen molar-refractivity contribution in [1.82, 2.24) is 19.9 Å². The standard InChI is InChI=1S/C22H12ClFN4O/c23-22-27-19(26-20(28-22)15-4-3-5-16(24)12-15)13-8-10-14(11-9-13)21-25-17-6-1-2-7-18(17)29-21/h1-12H. The molecule has 0 aliphatic carbocycles.